The SMILES string of the molecule is COc1cc(N)c(CC(=O)NC2CCCCC2)cc1OC. The number of hydrogen-bond donors (Lipinski definition) is 2. The Morgan fingerprint density at radius 3 is 2.43 bits per heavy atom. The third-order valence-electron chi connectivity index (χ3n) is 3.97. The number of carbonyl (C=O) groups excluding carboxylic acids is 1. The molecule has 2 rings (SSSR count). The van der Waals surface area contributed by atoms with Crippen LogP contribution in [0.25, 0.3) is 0 Å². The molecule has 0 unspecified atom stereocenters. The number of ether oxygens (including phenoxy) is 2. The van der Waals surface area contributed by atoms with Gasteiger partial charge in [-0.25, -0.2) is 0 Å². The van der Waals surface area contributed by atoms with Crippen molar-refractivity contribution in [2.45, 2.75) is 44.6 Å². The second kappa shape index (κ2) is 7.20. The van der Waals surface area contributed by atoms with E-state index in [0.717, 1.165) is 18.4 Å². The lowest BCUT2D eigenvalue weighted by atomic mass is 9.95. The van der Waals surface area contributed by atoms with Crippen LogP contribution in [0.5, 0.6) is 11.5 Å². The average Bonchev–Trinajstić information content (AvgIpc) is 2.49. The fourth-order valence-electron chi connectivity index (χ4n) is 2.79. The molecule has 116 valence electrons. The van der Waals surface area contributed by atoms with E-state index in [1.165, 1.54) is 19.3 Å². The number of nitrogens with one attached hydrogen (secondary N) is 1. The van der Waals surface area contributed by atoms with Crippen LogP contribution in [-0.2, 0) is 11.2 Å². The minimum absolute atomic E-state index is 0.0146. The first-order chi connectivity index (χ1) is 10.1. The number of amides is 1. The van der Waals surface area contributed by atoms with Gasteiger partial charge in [-0.15, -0.1) is 0 Å². The van der Waals surface area contributed by atoms with E-state index in [2.05, 4.69) is 5.32 Å². The molecule has 5 heteroatoms. The number of rotatable bonds is 5. The van der Waals surface area contributed by atoms with Gasteiger partial charge < -0.3 is 20.5 Å². The Morgan fingerprint density at radius 2 is 1.81 bits per heavy atom. The van der Waals surface area contributed by atoms with E-state index in [9.17, 15) is 4.79 Å². The van der Waals surface area contributed by atoms with E-state index in [1.807, 2.05) is 0 Å². The smallest absolute Gasteiger partial charge is 0.224 e. The monoisotopic (exact) mass is 292 g/mol. The molecule has 0 saturated heterocycles. The summed E-state index contributed by atoms with van der Waals surface area (Å²) in [7, 11) is 3.13. The van der Waals surface area contributed by atoms with Crippen molar-refractivity contribution in [3.05, 3.63) is 17.7 Å². The third-order valence-corrected chi connectivity index (χ3v) is 3.97. The topological polar surface area (TPSA) is 73.6 Å². The van der Waals surface area contributed by atoms with Gasteiger partial charge >= 0.3 is 0 Å². The number of hydrogen-bond acceptors (Lipinski definition) is 4. The van der Waals surface area contributed by atoms with Gasteiger partial charge in [-0.2, -0.15) is 0 Å². The highest BCUT2D eigenvalue weighted by atomic mass is 16.5. The molecule has 1 aliphatic rings. The summed E-state index contributed by atoms with van der Waals surface area (Å²) in [5.41, 5.74) is 7.30. The third kappa shape index (κ3) is 4.03. The second-order valence-electron chi connectivity index (χ2n) is 5.49. The van der Waals surface area contributed by atoms with Gasteiger partial charge in [-0.3, -0.25) is 4.79 Å². The van der Waals surface area contributed by atoms with Gasteiger partial charge in [0.15, 0.2) is 11.5 Å². The Kier molecular flexibility index (Phi) is 5.31. The minimum atomic E-state index is 0.0146. The Hall–Kier alpha value is -1.91. The lowest BCUT2D eigenvalue weighted by Crippen LogP contribution is -2.37. The van der Waals surface area contributed by atoms with Crippen molar-refractivity contribution in [2.75, 3.05) is 20.0 Å². The van der Waals surface area contributed by atoms with Crippen LogP contribution in [0.15, 0.2) is 12.1 Å². The lowest BCUT2D eigenvalue weighted by Gasteiger charge is -2.23. The van der Waals surface area contributed by atoms with Crippen molar-refractivity contribution in [3.63, 3.8) is 0 Å². The number of nitrogens with two attached hydrogens (primary N) is 1. The van der Waals surface area contributed by atoms with Gasteiger partial charge in [0, 0.05) is 17.8 Å². The molecule has 1 aromatic carbocycles. The summed E-state index contributed by atoms with van der Waals surface area (Å²) in [6, 6.07) is 3.78. The minimum Gasteiger partial charge on any atom is -0.493 e. The van der Waals surface area contributed by atoms with E-state index >= 15 is 0 Å². The Bertz CT molecular complexity index is 497. The Morgan fingerprint density at radius 1 is 1.19 bits per heavy atom. The molecule has 0 spiro atoms. The fourth-order valence-corrected chi connectivity index (χ4v) is 2.79. The van der Waals surface area contributed by atoms with Crippen LogP contribution in [-0.4, -0.2) is 26.2 Å². The fraction of sp³-hybridized carbons (Fsp3) is 0.562. The van der Waals surface area contributed by atoms with Crippen LogP contribution < -0.4 is 20.5 Å². The number of methoxy groups -OCH3 is 2. The van der Waals surface area contributed by atoms with Gasteiger partial charge in [0.25, 0.3) is 0 Å². The second-order valence-corrected chi connectivity index (χ2v) is 5.49. The summed E-state index contributed by atoms with van der Waals surface area (Å²) < 4.78 is 10.4. The van der Waals surface area contributed by atoms with Crippen LogP contribution in [0.3, 0.4) is 0 Å². The number of benzene rings is 1. The van der Waals surface area contributed by atoms with Crippen molar-refractivity contribution in [3.8, 4) is 11.5 Å². The average molecular weight is 292 g/mol. The quantitative estimate of drug-likeness (QED) is 0.817. The van der Waals surface area contributed by atoms with Crippen molar-refractivity contribution in [1.29, 1.82) is 0 Å². The van der Waals surface area contributed by atoms with E-state index in [1.54, 1.807) is 26.4 Å². The normalized spacial score (nSPS) is 15.5. The van der Waals surface area contributed by atoms with E-state index in [0.29, 0.717) is 23.2 Å². The molecule has 1 aromatic rings. The van der Waals surface area contributed by atoms with Crippen LogP contribution in [0.1, 0.15) is 37.7 Å². The van der Waals surface area contributed by atoms with Crippen molar-refractivity contribution in [2.24, 2.45) is 0 Å². The van der Waals surface area contributed by atoms with Gasteiger partial charge in [0.1, 0.15) is 0 Å². The summed E-state index contributed by atoms with van der Waals surface area (Å²) in [5, 5.41) is 3.09. The largest absolute Gasteiger partial charge is 0.493 e. The molecule has 0 radical (unpaired) electrons. The molecule has 1 fully saturated rings. The number of carbonyl (C=O) groups is 1. The highest BCUT2D eigenvalue weighted by molar-refractivity contribution is 5.81. The van der Waals surface area contributed by atoms with Crippen LogP contribution in [0.4, 0.5) is 5.69 Å². The molecular formula is C16H24N2O3. The van der Waals surface area contributed by atoms with E-state index < -0.39 is 0 Å². The van der Waals surface area contributed by atoms with Gasteiger partial charge in [0.05, 0.1) is 20.6 Å². The van der Waals surface area contributed by atoms with Gasteiger partial charge in [-0.05, 0) is 24.5 Å². The predicted octanol–water partition coefficient (Wildman–Crippen LogP) is 2.28. The Labute approximate surface area is 125 Å². The number of nitrogen functional groups attached to an aromatic ring is 1. The van der Waals surface area contributed by atoms with Crippen LogP contribution in [0.2, 0.25) is 0 Å². The molecule has 0 atom stereocenters. The molecule has 3 N–H and O–H groups in total. The Balaban J connectivity index is 2.02. The summed E-state index contributed by atoms with van der Waals surface area (Å²) in [4.78, 5) is 12.1. The molecule has 1 saturated carbocycles. The molecule has 0 heterocycles. The zero-order valence-electron chi connectivity index (χ0n) is 12.8. The summed E-state index contributed by atoms with van der Waals surface area (Å²) >= 11 is 0. The standard InChI is InChI=1S/C16H24N2O3/c1-20-14-8-11(13(17)10-15(14)21-2)9-16(19)18-12-6-4-3-5-7-12/h8,10,12H,3-7,9,17H2,1-2H3,(H,18,19). The first-order valence-corrected chi connectivity index (χ1v) is 7.43. The van der Waals surface area contributed by atoms with Crippen LogP contribution >= 0.6 is 0 Å². The molecule has 0 aromatic heterocycles. The van der Waals surface area contributed by atoms with Crippen molar-refractivity contribution >= 4 is 11.6 Å². The molecular weight excluding hydrogens is 268 g/mol. The number of anilines is 1. The summed E-state index contributed by atoms with van der Waals surface area (Å²) in [6.07, 6.45) is 6.09. The summed E-state index contributed by atoms with van der Waals surface area (Å²) in [6.45, 7) is 0. The van der Waals surface area contributed by atoms with E-state index in [-0.39, 0.29) is 12.3 Å². The van der Waals surface area contributed by atoms with Gasteiger partial charge in [-0.1, -0.05) is 19.3 Å². The van der Waals surface area contributed by atoms with Crippen molar-refractivity contribution < 1.29 is 14.3 Å². The molecule has 1 amide bonds. The molecule has 5 nitrogen and oxygen atoms in total. The molecule has 1 aliphatic carbocycles. The first kappa shape index (κ1) is 15.5. The maximum absolute atomic E-state index is 12.1. The van der Waals surface area contributed by atoms with E-state index in [4.69, 9.17) is 15.2 Å². The van der Waals surface area contributed by atoms with Crippen LogP contribution in [0, 0.1) is 0 Å². The highest BCUT2D eigenvalue weighted by Crippen LogP contribution is 2.32. The maximum atomic E-state index is 12.1. The zero-order valence-corrected chi connectivity index (χ0v) is 12.8. The lowest BCUT2D eigenvalue weighted by molar-refractivity contribution is -0.121. The summed E-state index contributed by atoms with van der Waals surface area (Å²) in [5.74, 6) is 1.18. The molecule has 0 aliphatic heterocycles. The highest BCUT2D eigenvalue weighted by Gasteiger charge is 2.17. The maximum Gasteiger partial charge on any atom is 0.224 e. The molecule has 21 heavy (non-hydrogen) atoms. The van der Waals surface area contributed by atoms with Gasteiger partial charge in [0.2, 0.25) is 5.91 Å². The van der Waals surface area contributed by atoms with Crippen molar-refractivity contribution in [1.82, 2.24) is 5.32 Å². The zero-order chi connectivity index (χ0) is 15.2. The predicted molar refractivity (Wildman–Crippen MR) is 82.7 cm³/mol. The first-order valence-electron chi connectivity index (χ1n) is 7.43. The molecule has 0 bridgehead atoms.